The molecule has 112 valence electrons. The third-order valence-corrected chi connectivity index (χ3v) is 4.05. The number of nitrogens with one attached hydrogen (secondary N) is 1. The minimum absolute atomic E-state index is 0.417. The number of anilines is 1. The van der Waals surface area contributed by atoms with E-state index in [0.29, 0.717) is 12.1 Å². The Bertz CT molecular complexity index is 369. The number of benzene rings is 1. The summed E-state index contributed by atoms with van der Waals surface area (Å²) in [5.41, 5.74) is 8.57. The number of rotatable bonds is 7. The van der Waals surface area contributed by atoms with Gasteiger partial charge >= 0.3 is 0 Å². The van der Waals surface area contributed by atoms with E-state index in [9.17, 15) is 0 Å². The molecule has 0 spiro atoms. The normalized spacial score (nSPS) is 22.7. The Balaban J connectivity index is 1.73. The molecule has 20 heavy (non-hydrogen) atoms. The van der Waals surface area contributed by atoms with Crippen LogP contribution in [0.3, 0.4) is 0 Å². The molecule has 1 aliphatic carbocycles. The summed E-state index contributed by atoms with van der Waals surface area (Å²) in [6.45, 7) is 3.71. The zero-order valence-electron chi connectivity index (χ0n) is 12.6. The Kier molecular flexibility index (Phi) is 6.34. The van der Waals surface area contributed by atoms with Crippen LogP contribution in [0.2, 0.25) is 0 Å². The van der Waals surface area contributed by atoms with Gasteiger partial charge in [0.2, 0.25) is 0 Å². The molecule has 0 radical (unpaired) electrons. The van der Waals surface area contributed by atoms with Gasteiger partial charge in [0.05, 0.1) is 0 Å². The molecule has 0 saturated heterocycles. The lowest BCUT2D eigenvalue weighted by Gasteiger charge is -2.27. The smallest absolute Gasteiger partial charge is 0.0469 e. The van der Waals surface area contributed by atoms with Crippen molar-refractivity contribution in [2.45, 2.75) is 57.5 Å². The van der Waals surface area contributed by atoms with E-state index in [2.05, 4.69) is 29.6 Å². The predicted molar refractivity (Wildman–Crippen MR) is 85.1 cm³/mol. The Morgan fingerprint density at radius 1 is 1.15 bits per heavy atom. The Morgan fingerprint density at radius 2 is 1.85 bits per heavy atom. The van der Waals surface area contributed by atoms with Crippen LogP contribution >= 0.6 is 0 Å². The maximum Gasteiger partial charge on any atom is 0.0469 e. The first-order valence-electron chi connectivity index (χ1n) is 7.96. The topological polar surface area (TPSA) is 47.3 Å². The monoisotopic (exact) mass is 276 g/mol. The second kappa shape index (κ2) is 8.28. The molecule has 3 N–H and O–H groups in total. The first-order chi connectivity index (χ1) is 9.78. The van der Waals surface area contributed by atoms with Crippen molar-refractivity contribution < 1.29 is 4.74 Å². The van der Waals surface area contributed by atoms with Gasteiger partial charge in [-0.3, -0.25) is 0 Å². The fraction of sp³-hybridized carbons (Fsp3) is 0.647. The van der Waals surface area contributed by atoms with Gasteiger partial charge in [-0.1, -0.05) is 12.1 Å². The molecule has 0 bridgehead atoms. The SMILES string of the molecule is CCOCCCc1ccc(N[C@H]2CC[C@H](N)CC2)cc1. The van der Waals surface area contributed by atoms with Gasteiger partial charge in [-0.15, -0.1) is 0 Å². The fourth-order valence-corrected chi connectivity index (χ4v) is 2.79. The molecule has 0 aliphatic heterocycles. The van der Waals surface area contributed by atoms with Crippen molar-refractivity contribution in [2.75, 3.05) is 18.5 Å². The summed E-state index contributed by atoms with van der Waals surface area (Å²) in [7, 11) is 0. The molecule has 1 aromatic carbocycles. The molecular formula is C17H28N2O. The van der Waals surface area contributed by atoms with Crippen molar-refractivity contribution in [3.8, 4) is 0 Å². The average Bonchev–Trinajstić information content (AvgIpc) is 2.48. The first kappa shape index (κ1) is 15.3. The molecule has 0 unspecified atom stereocenters. The first-order valence-corrected chi connectivity index (χ1v) is 7.96. The van der Waals surface area contributed by atoms with E-state index < -0.39 is 0 Å². The summed E-state index contributed by atoms with van der Waals surface area (Å²) >= 11 is 0. The van der Waals surface area contributed by atoms with E-state index >= 15 is 0 Å². The molecule has 1 aromatic rings. The van der Waals surface area contributed by atoms with E-state index in [1.165, 1.54) is 24.1 Å². The van der Waals surface area contributed by atoms with Crippen molar-refractivity contribution in [1.82, 2.24) is 0 Å². The fourth-order valence-electron chi connectivity index (χ4n) is 2.79. The number of hydrogen-bond acceptors (Lipinski definition) is 3. The minimum Gasteiger partial charge on any atom is -0.382 e. The van der Waals surface area contributed by atoms with Crippen LogP contribution in [0.4, 0.5) is 5.69 Å². The largest absolute Gasteiger partial charge is 0.382 e. The van der Waals surface area contributed by atoms with E-state index in [4.69, 9.17) is 10.5 Å². The van der Waals surface area contributed by atoms with Crippen LogP contribution in [-0.2, 0) is 11.2 Å². The van der Waals surface area contributed by atoms with Crippen molar-refractivity contribution >= 4 is 5.69 Å². The van der Waals surface area contributed by atoms with E-state index in [1.54, 1.807) is 0 Å². The highest BCUT2D eigenvalue weighted by Crippen LogP contribution is 2.21. The minimum atomic E-state index is 0.417. The lowest BCUT2D eigenvalue weighted by atomic mass is 9.91. The molecule has 3 nitrogen and oxygen atoms in total. The Labute approximate surface area is 122 Å². The van der Waals surface area contributed by atoms with Crippen LogP contribution in [0.5, 0.6) is 0 Å². The number of aryl methyl sites for hydroxylation is 1. The Hall–Kier alpha value is -1.06. The van der Waals surface area contributed by atoms with Gasteiger partial charge in [-0.05, 0) is 63.1 Å². The summed E-state index contributed by atoms with van der Waals surface area (Å²) in [5.74, 6) is 0. The van der Waals surface area contributed by atoms with Crippen molar-refractivity contribution in [3.05, 3.63) is 29.8 Å². The Morgan fingerprint density at radius 3 is 2.50 bits per heavy atom. The highest BCUT2D eigenvalue weighted by atomic mass is 16.5. The van der Waals surface area contributed by atoms with Gasteiger partial charge in [-0.2, -0.15) is 0 Å². The molecule has 1 aliphatic rings. The zero-order valence-corrected chi connectivity index (χ0v) is 12.6. The highest BCUT2D eigenvalue weighted by molar-refractivity contribution is 5.45. The van der Waals surface area contributed by atoms with Gasteiger partial charge in [0.15, 0.2) is 0 Å². The summed E-state index contributed by atoms with van der Waals surface area (Å²) in [4.78, 5) is 0. The van der Waals surface area contributed by atoms with Gasteiger partial charge in [0, 0.05) is 31.0 Å². The van der Waals surface area contributed by atoms with Crippen molar-refractivity contribution in [2.24, 2.45) is 5.73 Å². The molecule has 0 aromatic heterocycles. The summed E-state index contributed by atoms with van der Waals surface area (Å²) in [6, 6.07) is 9.86. The summed E-state index contributed by atoms with van der Waals surface area (Å²) in [6.07, 6.45) is 6.87. The van der Waals surface area contributed by atoms with Crippen LogP contribution < -0.4 is 11.1 Å². The second-order valence-corrected chi connectivity index (χ2v) is 5.75. The molecule has 1 saturated carbocycles. The van der Waals surface area contributed by atoms with Gasteiger partial charge in [0.1, 0.15) is 0 Å². The molecule has 0 atom stereocenters. The molecule has 3 heteroatoms. The maximum atomic E-state index is 5.94. The lowest BCUT2D eigenvalue weighted by Crippen LogP contribution is -2.32. The van der Waals surface area contributed by atoms with E-state index in [1.807, 2.05) is 6.92 Å². The van der Waals surface area contributed by atoms with Crippen molar-refractivity contribution in [1.29, 1.82) is 0 Å². The molecule has 0 amide bonds. The molecule has 2 rings (SSSR count). The van der Waals surface area contributed by atoms with Gasteiger partial charge in [0.25, 0.3) is 0 Å². The number of ether oxygens (including phenoxy) is 1. The molecule has 0 heterocycles. The maximum absolute atomic E-state index is 5.94. The average molecular weight is 276 g/mol. The number of hydrogen-bond donors (Lipinski definition) is 2. The highest BCUT2D eigenvalue weighted by Gasteiger charge is 2.17. The van der Waals surface area contributed by atoms with E-state index in [-0.39, 0.29) is 0 Å². The summed E-state index contributed by atoms with van der Waals surface area (Å²) < 4.78 is 5.37. The van der Waals surface area contributed by atoms with Gasteiger partial charge < -0.3 is 15.8 Å². The van der Waals surface area contributed by atoms with E-state index in [0.717, 1.165) is 38.9 Å². The number of nitrogens with two attached hydrogens (primary N) is 1. The molecule has 1 fully saturated rings. The van der Waals surface area contributed by atoms with Crippen LogP contribution in [0.25, 0.3) is 0 Å². The lowest BCUT2D eigenvalue weighted by molar-refractivity contribution is 0.145. The quantitative estimate of drug-likeness (QED) is 0.751. The molecular weight excluding hydrogens is 248 g/mol. The van der Waals surface area contributed by atoms with Crippen LogP contribution in [0.1, 0.15) is 44.6 Å². The van der Waals surface area contributed by atoms with Crippen LogP contribution in [0, 0.1) is 0 Å². The standard InChI is InChI=1S/C17H28N2O/c1-2-20-13-3-4-14-5-9-16(10-6-14)19-17-11-7-15(18)8-12-17/h5-6,9-10,15,17,19H,2-4,7-8,11-13,18H2,1H3/t15-,17-. The summed E-state index contributed by atoms with van der Waals surface area (Å²) in [5, 5.41) is 3.62. The third kappa shape index (κ3) is 5.14. The van der Waals surface area contributed by atoms with Crippen molar-refractivity contribution in [3.63, 3.8) is 0 Å². The second-order valence-electron chi connectivity index (χ2n) is 5.75. The van der Waals surface area contributed by atoms with Gasteiger partial charge in [-0.25, -0.2) is 0 Å². The van der Waals surface area contributed by atoms with Crippen LogP contribution in [0.15, 0.2) is 24.3 Å². The van der Waals surface area contributed by atoms with Crippen LogP contribution in [-0.4, -0.2) is 25.3 Å². The predicted octanol–water partition coefficient (Wildman–Crippen LogP) is 3.34. The zero-order chi connectivity index (χ0) is 14.2. The third-order valence-electron chi connectivity index (χ3n) is 4.05.